The molecule has 0 saturated carbocycles. The van der Waals surface area contributed by atoms with Crippen molar-refractivity contribution in [3.05, 3.63) is 107 Å². The van der Waals surface area contributed by atoms with E-state index in [4.69, 9.17) is 4.74 Å². The molecule has 0 radical (unpaired) electrons. The quantitative estimate of drug-likeness (QED) is 0.334. The zero-order valence-electron chi connectivity index (χ0n) is 20.0. The summed E-state index contributed by atoms with van der Waals surface area (Å²) in [5, 5.41) is 0. The van der Waals surface area contributed by atoms with Crippen LogP contribution in [0.5, 0.6) is 0 Å². The van der Waals surface area contributed by atoms with Crippen molar-refractivity contribution in [3.8, 4) is 0 Å². The lowest BCUT2D eigenvalue weighted by Gasteiger charge is -2.42. The molecule has 3 aromatic carbocycles. The Hall–Kier alpha value is -3.19. The molecule has 1 aliphatic rings. The second-order valence-electron chi connectivity index (χ2n) is 9.14. The van der Waals surface area contributed by atoms with Gasteiger partial charge in [-0.3, -0.25) is 4.79 Å². The van der Waals surface area contributed by atoms with Gasteiger partial charge in [-0.1, -0.05) is 67.6 Å². The maximum atomic E-state index is 14.0. The monoisotopic (exact) mass is 499 g/mol. The van der Waals surface area contributed by atoms with Crippen LogP contribution in [-0.2, 0) is 22.3 Å². The van der Waals surface area contributed by atoms with Crippen molar-refractivity contribution >= 4 is 5.91 Å². The highest BCUT2D eigenvalue weighted by Crippen LogP contribution is 2.39. The van der Waals surface area contributed by atoms with Gasteiger partial charge < -0.3 is 9.64 Å². The molecular formula is C29H29F4NO2. The average molecular weight is 500 g/mol. The highest BCUT2D eigenvalue weighted by molar-refractivity contribution is 5.76. The largest absolute Gasteiger partial charge is 0.416 e. The predicted molar refractivity (Wildman–Crippen MR) is 130 cm³/mol. The number of halogens is 4. The number of carbonyl (C=O) groups is 1. The first-order chi connectivity index (χ1) is 17.3. The molecule has 0 bridgehead atoms. The molecule has 0 spiro atoms. The average Bonchev–Trinajstić information content (AvgIpc) is 2.88. The van der Waals surface area contributed by atoms with Crippen molar-refractivity contribution in [2.45, 2.75) is 44.6 Å². The number of benzene rings is 3. The van der Waals surface area contributed by atoms with E-state index >= 15 is 0 Å². The van der Waals surface area contributed by atoms with Crippen molar-refractivity contribution in [2.75, 3.05) is 13.1 Å². The number of alkyl halides is 3. The van der Waals surface area contributed by atoms with Crippen molar-refractivity contribution < 1.29 is 27.1 Å². The van der Waals surface area contributed by atoms with E-state index in [1.165, 1.54) is 0 Å². The van der Waals surface area contributed by atoms with Gasteiger partial charge in [-0.15, -0.1) is 0 Å². The normalized spacial score (nSPS) is 18.4. The third-order valence-electron chi connectivity index (χ3n) is 6.74. The molecule has 1 aliphatic heterocycles. The van der Waals surface area contributed by atoms with Gasteiger partial charge in [-0.05, 0) is 41.3 Å². The Morgan fingerprint density at radius 2 is 1.61 bits per heavy atom. The minimum absolute atomic E-state index is 0.0540. The Balaban J connectivity index is 1.66. The third-order valence-corrected chi connectivity index (χ3v) is 6.74. The molecule has 4 rings (SSSR count). The molecular weight excluding hydrogens is 470 g/mol. The Bertz CT molecular complexity index is 1110. The second kappa shape index (κ2) is 11.2. The molecule has 190 valence electrons. The minimum Gasteiger partial charge on any atom is -0.373 e. The molecule has 0 aliphatic carbocycles. The van der Waals surface area contributed by atoms with Crippen molar-refractivity contribution in [3.63, 3.8) is 0 Å². The molecule has 1 saturated heterocycles. The fourth-order valence-corrected chi connectivity index (χ4v) is 5.05. The van der Waals surface area contributed by atoms with Crippen LogP contribution in [-0.4, -0.2) is 30.0 Å². The Kier molecular flexibility index (Phi) is 8.09. The number of likely N-dealkylation sites (tertiary alicyclic amines) is 1. The van der Waals surface area contributed by atoms with Crippen molar-refractivity contribution in [2.24, 2.45) is 5.92 Å². The van der Waals surface area contributed by atoms with E-state index in [0.717, 1.165) is 23.3 Å². The second-order valence-corrected chi connectivity index (χ2v) is 9.14. The van der Waals surface area contributed by atoms with Gasteiger partial charge in [0.1, 0.15) is 5.82 Å². The number of hydrogen-bond donors (Lipinski definition) is 0. The van der Waals surface area contributed by atoms with Gasteiger partial charge in [0.2, 0.25) is 5.91 Å². The van der Waals surface area contributed by atoms with Gasteiger partial charge >= 0.3 is 6.18 Å². The summed E-state index contributed by atoms with van der Waals surface area (Å²) in [6.45, 7) is 2.64. The molecule has 3 nitrogen and oxygen atoms in total. The van der Waals surface area contributed by atoms with Crippen LogP contribution in [0, 0.1) is 11.7 Å². The Labute approximate surface area is 208 Å². The zero-order valence-corrected chi connectivity index (χ0v) is 20.0. The minimum atomic E-state index is -4.64. The van der Waals surface area contributed by atoms with Gasteiger partial charge in [0.15, 0.2) is 0 Å². The predicted octanol–water partition coefficient (Wildman–Crippen LogP) is 6.82. The standard InChI is InChI=1S/C29H29F4NO2/c1-2-27(35)34-14-13-26(36-19-20-15-23(29(31,32)33)17-24(30)16-20)25(18-34)28(21-9-5-3-6-10-21)22-11-7-4-8-12-22/h3-12,15-17,25-26,28H,2,13-14,18-19H2,1H3/t25-,26+/m1/s1. The van der Waals surface area contributed by atoms with Crippen LogP contribution in [0.1, 0.15) is 47.9 Å². The Morgan fingerprint density at radius 1 is 1.00 bits per heavy atom. The number of ether oxygens (including phenoxy) is 1. The third kappa shape index (κ3) is 6.13. The van der Waals surface area contributed by atoms with E-state index in [1.807, 2.05) is 72.5 Å². The first kappa shape index (κ1) is 25.9. The summed E-state index contributed by atoms with van der Waals surface area (Å²) in [4.78, 5) is 14.4. The van der Waals surface area contributed by atoms with Gasteiger partial charge in [-0.2, -0.15) is 13.2 Å². The molecule has 7 heteroatoms. The van der Waals surface area contributed by atoms with Crippen molar-refractivity contribution in [1.29, 1.82) is 0 Å². The molecule has 36 heavy (non-hydrogen) atoms. The highest BCUT2D eigenvalue weighted by atomic mass is 19.4. The molecule has 0 unspecified atom stereocenters. The molecule has 0 N–H and O–H groups in total. The number of piperidine rings is 1. The molecule has 3 aromatic rings. The summed E-state index contributed by atoms with van der Waals surface area (Å²) in [5.41, 5.74) is 1.23. The smallest absolute Gasteiger partial charge is 0.373 e. The first-order valence-corrected chi connectivity index (χ1v) is 12.1. The first-order valence-electron chi connectivity index (χ1n) is 12.1. The number of amides is 1. The number of nitrogens with zero attached hydrogens (tertiary/aromatic N) is 1. The molecule has 2 atom stereocenters. The summed E-state index contributed by atoms with van der Waals surface area (Å²) in [6, 6.07) is 22.4. The van der Waals surface area contributed by atoms with Gasteiger partial charge in [0.05, 0.1) is 18.3 Å². The van der Waals surface area contributed by atoms with E-state index < -0.39 is 17.6 Å². The fourth-order valence-electron chi connectivity index (χ4n) is 5.05. The number of rotatable bonds is 7. The van der Waals surface area contributed by atoms with Crippen molar-refractivity contribution in [1.82, 2.24) is 4.90 Å². The summed E-state index contributed by atoms with van der Waals surface area (Å²) >= 11 is 0. The molecule has 1 heterocycles. The van der Waals surface area contributed by atoms with Crippen LogP contribution >= 0.6 is 0 Å². The van der Waals surface area contributed by atoms with Crippen LogP contribution < -0.4 is 0 Å². The van der Waals surface area contributed by atoms with Crippen LogP contribution in [0.15, 0.2) is 78.9 Å². The maximum Gasteiger partial charge on any atom is 0.416 e. The SMILES string of the molecule is CCC(=O)N1CC[C@H](OCc2cc(F)cc(C(F)(F)F)c2)[C@H](C(c2ccccc2)c2ccccc2)C1. The number of hydrogen-bond acceptors (Lipinski definition) is 2. The summed E-state index contributed by atoms with van der Waals surface area (Å²) in [6.07, 6.45) is -4.05. The molecule has 0 aromatic heterocycles. The van der Waals surface area contributed by atoms with E-state index in [9.17, 15) is 22.4 Å². The lowest BCUT2D eigenvalue weighted by Crippen LogP contribution is -2.48. The van der Waals surface area contributed by atoms with Crippen LogP contribution in [0.2, 0.25) is 0 Å². The van der Waals surface area contributed by atoms with Crippen LogP contribution in [0.3, 0.4) is 0 Å². The van der Waals surface area contributed by atoms with Crippen LogP contribution in [0.25, 0.3) is 0 Å². The van der Waals surface area contributed by atoms with Gasteiger partial charge in [0.25, 0.3) is 0 Å². The van der Waals surface area contributed by atoms with Crippen LogP contribution in [0.4, 0.5) is 17.6 Å². The topological polar surface area (TPSA) is 29.5 Å². The van der Waals surface area contributed by atoms with Gasteiger partial charge in [-0.25, -0.2) is 4.39 Å². The summed E-state index contributed by atoms with van der Waals surface area (Å²) < 4.78 is 59.7. The highest BCUT2D eigenvalue weighted by Gasteiger charge is 2.38. The lowest BCUT2D eigenvalue weighted by atomic mass is 9.75. The summed E-state index contributed by atoms with van der Waals surface area (Å²) in [5.74, 6) is -1.13. The van der Waals surface area contributed by atoms with E-state index in [1.54, 1.807) is 0 Å². The van der Waals surface area contributed by atoms with Gasteiger partial charge in [0, 0.05) is 31.3 Å². The summed E-state index contributed by atoms with van der Waals surface area (Å²) in [7, 11) is 0. The van der Waals surface area contributed by atoms with E-state index in [0.29, 0.717) is 32.0 Å². The lowest BCUT2D eigenvalue weighted by molar-refractivity contribution is -0.137. The molecule has 1 amide bonds. The van der Waals surface area contributed by atoms with E-state index in [-0.39, 0.29) is 36.0 Å². The maximum absolute atomic E-state index is 14.0. The number of carbonyl (C=O) groups excluding carboxylic acids is 1. The van der Waals surface area contributed by atoms with E-state index in [2.05, 4.69) is 0 Å². The Morgan fingerprint density at radius 3 is 2.17 bits per heavy atom. The molecule has 1 fully saturated rings. The fraction of sp³-hybridized carbons (Fsp3) is 0.345. The zero-order chi connectivity index (χ0) is 25.7.